The molecule has 2 aliphatic heterocycles. The number of rotatable bonds is 1. The maximum absolute atomic E-state index is 3.56. The second-order valence-electron chi connectivity index (χ2n) is 5.19. The van der Waals surface area contributed by atoms with E-state index in [2.05, 4.69) is 31.0 Å². The Morgan fingerprint density at radius 2 is 1.85 bits per heavy atom. The summed E-state index contributed by atoms with van der Waals surface area (Å²) in [7, 11) is 0. The zero-order chi connectivity index (χ0) is 9.53. The van der Waals surface area contributed by atoms with Crippen LogP contribution in [0.4, 0.5) is 0 Å². The Hall–Kier alpha value is -0.0800. The van der Waals surface area contributed by atoms with Crippen molar-refractivity contribution in [2.75, 3.05) is 26.2 Å². The maximum Gasteiger partial charge on any atom is 0.0194 e. The van der Waals surface area contributed by atoms with Crippen LogP contribution in [0.1, 0.15) is 33.6 Å². The van der Waals surface area contributed by atoms with Gasteiger partial charge in [-0.05, 0) is 46.3 Å². The average Bonchev–Trinajstić information content (AvgIpc) is 2.16. The molecule has 2 heteroatoms. The number of likely N-dealkylation sites (tertiary alicyclic amines) is 1. The highest BCUT2D eigenvalue weighted by Crippen LogP contribution is 2.46. The summed E-state index contributed by atoms with van der Waals surface area (Å²) in [5, 5.41) is 3.56. The quantitative estimate of drug-likeness (QED) is 0.660. The zero-order valence-electron chi connectivity index (χ0n) is 9.19. The van der Waals surface area contributed by atoms with Crippen LogP contribution in [-0.2, 0) is 0 Å². The van der Waals surface area contributed by atoms with Gasteiger partial charge in [-0.25, -0.2) is 0 Å². The molecule has 0 aromatic heterocycles. The molecular formula is C11H22N2. The Kier molecular flexibility index (Phi) is 2.16. The molecule has 2 aliphatic rings. The molecule has 0 aromatic carbocycles. The first-order valence-corrected chi connectivity index (χ1v) is 5.57. The van der Waals surface area contributed by atoms with Crippen LogP contribution in [0.5, 0.6) is 0 Å². The lowest BCUT2D eigenvalue weighted by atomic mass is 9.59. The van der Waals surface area contributed by atoms with Crippen molar-refractivity contribution < 1.29 is 0 Å². The van der Waals surface area contributed by atoms with Gasteiger partial charge < -0.3 is 10.2 Å². The molecule has 0 bridgehead atoms. The van der Waals surface area contributed by atoms with Crippen LogP contribution in [-0.4, -0.2) is 36.6 Å². The Labute approximate surface area is 81.7 Å². The Morgan fingerprint density at radius 3 is 2.15 bits per heavy atom. The lowest BCUT2D eigenvalue weighted by Crippen LogP contribution is -2.72. The molecule has 0 atom stereocenters. The van der Waals surface area contributed by atoms with Crippen LogP contribution in [0, 0.1) is 5.41 Å². The molecule has 13 heavy (non-hydrogen) atoms. The minimum absolute atomic E-state index is 0.396. The van der Waals surface area contributed by atoms with Gasteiger partial charge in [-0.2, -0.15) is 0 Å². The van der Waals surface area contributed by atoms with Gasteiger partial charge in [0.25, 0.3) is 0 Å². The highest BCUT2D eigenvalue weighted by molar-refractivity contribution is 5.10. The Bertz CT molecular complexity index is 190. The van der Waals surface area contributed by atoms with Crippen molar-refractivity contribution in [2.45, 2.75) is 39.2 Å². The van der Waals surface area contributed by atoms with Gasteiger partial charge in [0, 0.05) is 17.5 Å². The summed E-state index contributed by atoms with van der Waals surface area (Å²) in [6, 6.07) is 0. The molecule has 1 spiro atoms. The summed E-state index contributed by atoms with van der Waals surface area (Å²) in [5.41, 5.74) is 1.02. The van der Waals surface area contributed by atoms with Crippen molar-refractivity contribution >= 4 is 0 Å². The van der Waals surface area contributed by atoms with Crippen LogP contribution in [0.15, 0.2) is 0 Å². The van der Waals surface area contributed by atoms with Gasteiger partial charge in [0.15, 0.2) is 0 Å². The number of piperidine rings is 1. The van der Waals surface area contributed by atoms with E-state index in [4.69, 9.17) is 0 Å². The predicted octanol–water partition coefficient (Wildman–Crippen LogP) is 1.47. The summed E-state index contributed by atoms with van der Waals surface area (Å²) in [6.07, 6.45) is 2.78. The summed E-state index contributed by atoms with van der Waals surface area (Å²) in [4.78, 5) is 2.57. The van der Waals surface area contributed by atoms with Crippen molar-refractivity contribution in [3.05, 3.63) is 0 Å². The number of nitrogens with zero attached hydrogens (tertiary/aromatic N) is 1. The van der Waals surface area contributed by atoms with Crippen LogP contribution in [0.25, 0.3) is 0 Å². The second kappa shape index (κ2) is 2.96. The zero-order valence-corrected chi connectivity index (χ0v) is 9.19. The van der Waals surface area contributed by atoms with Gasteiger partial charge in [0.1, 0.15) is 0 Å². The molecule has 0 aliphatic carbocycles. The lowest BCUT2D eigenvalue weighted by molar-refractivity contribution is -0.0450. The second-order valence-corrected chi connectivity index (χ2v) is 5.19. The van der Waals surface area contributed by atoms with E-state index in [1.54, 1.807) is 0 Å². The standard InChI is InChI=1S/C11H22N2/c1-4-13-7-5-11(6-8-13)9-12-10(11,2)3/h12H,4-9H2,1-3H3. The molecule has 0 aromatic rings. The molecule has 2 nitrogen and oxygen atoms in total. The van der Waals surface area contributed by atoms with Gasteiger partial charge in [0.2, 0.25) is 0 Å². The largest absolute Gasteiger partial charge is 0.311 e. The third kappa shape index (κ3) is 1.31. The highest BCUT2D eigenvalue weighted by atomic mass is 15.2. The molecule has 2 heterocycles. The fourth-order valence-corrected chi connectivity index (χ4v) is 2.79. The average molecular weight is 182 g/mol. The van der Waals surface area contributed by atoms with Gasteiger partial charge in [-0.3, -0.25) is 0 Å². The first-order chi connectivity index (χ1) is 6.10. The van der Waals surface area contributed by atoms with Crippen molar-refractivity contribution in [3.63, 3.8) is 0 Å². The van der Waals surface area contributed by atoms with Crippen LogP contribution >= 0.6 is 0 Å². The fraction of sp³-hybridized carbons (Fsp3) is 1.00. The molecule has 0 saturated carbocycles. The summed E-state index contributed by atoms with van der Waals surface area (Å²) < 4.78 is 0. The van der Waals surface area contributed by atoms with Crippen molar-refractivity contribution in [2.24, 2.45) is 5.41 Å². The molecular weight excluding hydrogens is 160 g/mol. The van der Waals surface area contributed by atoms with Gasteiger partial charge >= 0.3 is 0 Å². The van der Waals surface area contributed by atoms with E-state index in [0.717, 1.165) is 0 Å². The number of hydrogen-bond acceptors (Lipinski definition) is 2. The fourth-order valence-electron chi connectivity index (χ4n) is 2.79. The summed E-state index contributed by atoms with van der Waals surface area (Å²) >= 11 is 0. The minimum atomic E-state index is 0.396. The first kappa shape index (κ1) is 9.47. The van der Waals surface area contributed by atoms with Crippen LogP contribution in [0.3, 0.4) is 0 Å². The minimum Gasteiger partial charge on any atom is -0.311 e. The van der Waals surface area contributed by atoms with Crippen LogP contribution < -0.4 is 5.32 Å². The molecule has 2 saturated heterocycles. The third-order valence-corrected chi connectivity index (χ3v) is 4.45. The Morgan fingerprint density at radius 1 is 1.23 bits per heavy atom. The predicted molar refractivity (Wildman–Crippen MR) is 55.9 cm³/mol. The molecule has 0 radical (unpaired) electrons. The smallest absolute Gasteiger partial charge is 0.0194 e. The number of nitrogens with one attached hydrogen (secondary N) is 1. The van der Waals surface area contributed by atoms with Gasteiger partial charge in [0.05, 0.1) is 0 Å². The molecule has 0 unspecified atom stereocenters. The summed E-state index contributed by atoms with van der Waals surface area (Å²) in [5.74, 6) is 0. The molecule has 2 rings (SSSR count). The first-order valence-electron chi connectivity index (χ1n) is 5.57. The van der Waals surface area contributed by atoms with Gasteiger partial charge in [-0.1, -0.05) is 6.92 Å². The maximum atomic E-state index is 3.56. The number of hydrogen-bond donors (Lipinski definition) is 1. The third-order valence-electron chi connectivity index (χ3n) is 4.45. The van der Waals surface area contributed by atoms with E-state index in [1.165, 1.54) is 39.0 Å². The van der Waals surface area contributed by atoms with E-state index in [-0.39, 0.29) is 0 Å². The van der Waals surface area contributed by atoms with Gasteiger partial charge in [-0.15, -0.1) is 0 Å². The Balaban J connectivity index is 1.97. The van der Waals surface area contributed by atoms with Crippen LogP contribution in [0.2, 0.25) is 0 Å². The van der Waals surface area contributed by atoms with E-state index in [0.29, 0.717) is 11.0 Å². The topological polar surface area (TPSA) is 15.3 Å². The molecule has 2 fully saturated rings. The summed E-state index contributed by atoms with van der Waals surface area (Å²) in [6.45, 7) is 12.1. The van der Waals surface area contributed by atoms with E-state index < -0.39 is 0 Å². The van der Waals surface area contributed by atoms with E-state index in [9.17, 15) is 0 Å². The monoisotopic (exact) mass is 182 g/mol. The highest BCUT2D eigenvalue weighted by Gasteiger charge is 2.53. The van der Waals surface area contributed by atoms with E-state index >= 15 is 0 Å². The van der Waals surface area contributed by atoms with Crippen molar-refractivity contribution in [3.8, 4) is 0 Å². The SMILES string of the molecule is CCN1CCC2(CC1)CNC2(C)C. The molecule has 76 valence electrons. The lowest BCUT2D eigenvalue weighted by Gasteiger charge is -2.60. The van der Waals surface area contributed by atoms with Crippen molar-refractivity contribution in [1.29, 1.82) is 0 Å². The normalized spacial score (nSPS) is 31.6. The molecule has 1 N–H and O–H groups in total. The van der Waals surface area contributed by atoms with Crippen molar-refractivity contribution in [1.82, 2.24) is 10.2 Å². The molecule has 0 amide bonds. The van der Waals surface area contributed by atoms with E-state index in [1.807, 2.05) is 0 Å².